The predicted molar refractivity (Wildman–Crippen MR) is 413 cm³/mol. The van der Waals surface area contributed by atoms with Crippen LogP contribution in [0.15, 0.2) is 60.7 Å². The highest BCUT2D eigenvalue weighted by Crippen LogP contribution is 2.63. The SMILES string of the molecule is O=C(O[C@@H]1O[C@@H]2COC(=O)c3cc(O)c(O)c(O)c3-c3c(cc(O)c(O)c3O)C(=O)O[C@H]2[C@@H]2OC(=O)c3cc(O)c(O)c(O)c3-c3c(O)c(O)c(O)c(-c4c(C(=O)O[C@@H]5O[C@@H]6COC(=O)c7cc(O)c(O)c(O)c7-c7c(cc(O)c(O)c7O)C(=O)O[C@H]6[C@@H]6OC(=O)c7cc(O)c(O)c(O)c7-c7c(cc(O)c(O)c7O)C(=O)O[C@@H]56)cc(O)c(O)c4O)c3C(=O)O[C@@H]12)c1cc(O)c(O)c(O)c1. The van der Waals surface area contributed by atoms with Crippen LogP contribution in [0.2, 0.25) is 0 Å². The van der Waals surface area contributed by atoms with E-state index in [1.54, 1.807) is 0 Å². The fraction of sp³-hybridized carbons (Fsp3) is 0.146. The average Bonchev–Trinajstić information content (AvgIpc) is 0.813. The second-order valence-corrected chi connectivity index (χ2v) is 29.5. The Balaban J connectivity index is 0.906. The van der Waals surface area contributed by atoms with Gasteiger partial charge in [0, 0.05) is 55.6 Å². The van der Waals surface area contributed by atoms with Crippen molar-refractivity contribution >= 4 is 59.7 Å². The minimum Gasteiger partial charge on any atom is -0.504 e. The minimum atomic E-state index is -3.30. The number of ether oxygens (including phenoxy) is 12. The van der Waals surface area contributed by atoms with Gasteiger partial charge in [0.2, 0.25) is 76.5 Å². The number of hydrogen-bond acceptors (Lipinski definition) is 52. The number of hydrogen-bond donors (Lipinski definition) is 30. The summed E-state index contributed by atoms with van der Waals surface area (Å²) in [4.78, 5) is 153. The number of aromatic hydroxyl groups is 30. The van der Waals surface area contributed by atoms with E-state index < -0.39 is 418 Å². The van der Waals surface area contributed by atoms with Crippen molar-refractivity contribution < 1.29 is 258 Å². The third-order valence-corrected chi connectivity index (χ3v) is 21.8. The van der Waals surface area contributed by atoms with E-state index in [2.05, 4.69) is 0 Å². The molecule has 16 rings (SSSR count). The lowest BCUT2D eigenvalue weighted by atomic mass is 9.84. The second-order valence-electron chi connectivity index (χ2n) is 29.5. The van der Waals surface area contributed by atoms with E-state index in [0.717, 1.165) is 0 Å². The van der Waals surface area contributed by atoms with Crippen molar-refractivity contribution in [3.63, 3.8) is 0 Å². The summed E-state index contributed by atoms with van der Waals surface area (Å²) in [6.07, 6.45) is -30.1. The molecule has 30 N–H and O–H groups in total. The highest BCUT2D eigenvalue weighted by atomic mass is 16.8. The fourth-order valence-corrected chi connectivity index (χ4v) is 15.5. The maximum atomic E-state index is 16.5. The zero-order valence-electron chi connectivity index (χ0n) is 65.4. The molecule has 134 heavy (non-hydrogen) atoms. The number of rotatable bonds is 5. The highest BCUT2D eigenvalue weighted by molar-refractivity contribution is 6.17. The lowest BCUT2D eigenvalue weighted by Crippen LogP contribution is -2.63. The van der Waals surface area contributed by atoms with E-state index in [4.69, 9.17) is 56.8 Å². The Kier molecular flexibility index (Phi) is 20.7. The lowest BCUT2D eigenvalue weighted by molar-refractivity contribution is -0.282. The molecule has 10 aromatic rings. The number of phenolic OH excluding ortho intramolecular Hbond substituents is 30. The first-order valence-electron chi connectivity index (χ1n) is 37.2. The normalized spacial score (nSPS) is 20.2. The Morgan fingerprint density at radius 3 is 0.746 bits per heavy atom. The van der Waals surface area contributed by atoms with Gasteiger partial charge in [0.05, 0.1) is 55.6 Å². The first-order chi connectivity index (χ1) is 63.1. The molecule has 694 valence electrons. The van der Waals surface area contributed by atoms with Gasteiger partial charge in [-0.15, -0.1) is 0 Å². The van der Waals surface area contributed by atoms with E-state index in [1.165, 1.54) is 0 Å². The van der Waals surface area contributed by atoms with Crippen LogP contribution in [0, 0.1) is 0 Å². The summed E-state index contributed by atoms with van der Waals surface area (Å²) in [5, 5.41) is 339. The van der Waals surface area contributed by atoms with Crippen LogP contribution in [0.1, 0.15) is 104 Å². The third kappa shape index (κ3) is 13.5. The van der Waals surface area contributed by atoms with Crippen molar-refractivity contribution in [2.75, 3.05) is 13.2 Å². The number of carbonyl (C=O) groups is 10. The van der Waals surface area contributed by atoms with Crippen LogP contribution in [0.3, 0.4) is 0 Å². The van der Waals surface area contributed by atoms with E-state index in [1.807, 2.05) is 0 Å². The van der Waals surface area contributed by atoms with Gasteiger partial charge >= 0.3 is 59.7 Å². The van der Waals surface area contributed by atoms with Gasteiger partial charge in [-0.2, -0.15) is 0 Å². The number of fused-ring (bicyclic) bond motifs is 18. The average molecular weight is 1870 g/mol. The summed E-state index contributed by atoms with van der Waals surface area (Å²) in [5.41, 5.74) is -30.1. The van der Waals surface area contributed by atoms with Crippen LogP contribution < -0.4 is 0 Å². The molecule has 0 bridgehead atoms. The molecule has 52 heteroatoms. The summed E-state index contributed by atoms with van der Waals surface area (Å²) >= 11 is 0. The number of carbonyl (C=O) groups excluding carboxylic acids is 10. The molecule has 10 atom stereocenters. The van der Waals surface area contributed by atoms with Crippen LogP contribution in [0.4, 0.5) is 0 Å². The molecule has 0 spiro atoms. The monoisotopic (exact) mass is 1870 g/mol. The van der Waals surface area contributed by atoms with Crippen LogP contribution in [-0.2, 0) is 56.8 Å². The number of benzene rings is 10. The Labute approximate surface area is 734 Å². The molecule has 0 aliphatic carbocycles. The maximum absolute atomic E-state index is 16.5. The molecule has 0 amide bonds. The summed E-state index contributed by atoms with van der Waals surface area (Å²) < 4.78 is 69.4. The van der Waals surface area contributed by atoms with E-state index in [-0.39, 0.29) is 42.5 Å². The van der Waals surface area contributed by atoms with Gasteiger partial charge in [-0.05, 0) is 60.7 Å². The number of phenols is 30. The first kappa shape index (κ1) is 88.3. The van der Waals surface area contributed by atoms with Gasteiger partial charge in [-0.3, -0.25) is 0 Å². The van der Waals surface area contributed by atoms with E-state index in [9.17, 15) is 168 Å². The topological polar surface area (TPSA) is 888 Å². The quantitative estimate of drug-likeness (QED) is 0.0668. The van der Waals surface area contributed by atoms with Crippen molar-refractivity contribution in [3.8, 4) is 228 Å². The Hall–Kier alpha value is -19.2. The Morgan fingerprint density at radius 2 is 0.440 bits per heavy atom. The highest BCUT2D eigenvalue weighted by Gasteiger charge is 2.60. The molecule has 6 aliphatic rings. The van der Waals surface area contributed by atoms with Gasteiger partial charge in [0.1, 0.15) is 25.4 Å². The maximum Gasteiger partial charge on any atom is 0.341 e. The summed E-state index contributed by atoms with van der Waals surface area (Å²) in [5.74, 6) is -71.9. The lowest BCUT2D eigenvalue weighted by Gasteiger charge is -2.44. The molecule has 10 aromatic carbocycles. The molecule has 2 fully saturated rings. The molecular weight excluding hydrogens is 1820 g/mol. The molecule has 52 nitrogen and oxygen atoms in total. The molecule has 6 heterocycles. The standard InChI is InChI=1S/C82H54O52/c83-22-1-13(2-23(84)45(22)93)71(113)133-81-70-68(66-32(125-81)11-123-72(114)14-3-24(85)46(94)54(102)34(14)37-17(75(117)128-66)6-27(88)49(97)57(37)105)130-77(119)20-9-30(91)52(100)60(108)40(20)42-44(80(122)132-70)43(63(111)64(112)62(42)110)41-21(10-31(92)53(101)61(41)109)79(121)134-82-69-67(129-76(118)18-7-28(89)50(98)58(106)38(18)39-19(78(120)131-69)8-29(90)51(99)59(39)107)65-33(126-82)12-124-73(115)15-4-25(86)47(95)55(103)35(15)36-16(74(116)127-65)5-26(87)48(96)56(36)104/h1-10,32-33,65-70,81-112H,11-12H2/t32-,33-,65-,66-,67+,68+,69-,70-,81+,82+/m1/s1. The van der Waals surface area contributed by atoms with Gasteiger partial charge in [-0.25, -0.2) is 47.9 Å². The molecular formula is C82H54O52. The smallest absolute Gasteiger partial charge is 0.341 e. The zero-order valence-corrected chi connectivity index (χ0v) is 65.4. The Morgan fingerprint density at radius 1 is 0.216 bits per heavy atom. The molecule has 0 unspecified atom stereocenters. The van der Waals surface area contributed by atoms with E-state index in [0.29, 0.717) is 18.2 Å². The van der Waals surface area contributed by atoms with E-state index >= 15 is 33.6 Å². The van der Waals surface area contributed by atoms with Crippen molar-refractivity contribution in [1.29, 1.82) is 0 Å². The second kappa shape index (κ2) is 31.4. The van der Waals surface area contributed by atoms with Crippen molar-refractivity contribution in [1.82, 2.24) is 0 Å². The van der Waals surface area contributed by atoms with Gasteiger partial charge < -0.3 is 210 Å². The summed E-state index contributed by atoms with van der Waals surface area (Å²) in [6, 6.07) is 2.17. The van der Waals surface area contributed by atoms with Crippen LogP contribution in [0.25, 0.3) is 55.6 Å². The van der Waals surface area contributed by atoms with Gasteiger partial charge in [-0.1, -0.05) is 0 Å². The van der Waals surface area contributed by atoms with Crippen molar-refractivity contribution in [2.24, 2.45) is 0 Å². The molecule has 0 radical (unpaired) electrons. The first-order valence-corrected chi connectivity index (χ1v) is 37.2. The molecule has 6 aliphatic heterocycles. The van der Waals surface area contributed by atoms with Crippen LogP contribution >= 0.6 is 0 Å². The van der Waals surface area contributed by atoms with Crippen LogP contribution in [0.5, 0.6) is 172 Å². The summed E-state index contributed by atoms with van der Waals surface area (Å²) in [7, 11) is 0. The molecule has 2 saturated heterocycles. The van der Waals surface area contributed by atoms with Gasteiger partial charge in [0.25, 0.3) is 0 Å². The number of cyclic esters (lactones) is 2. The van der Waals surface area contributed by atoms with Crippen LogP contribution in [-0.4, -0.2) is 288 Å². The summed E-state index contributed by atoms with van der Waals surface area (Å²) in [6.45, 7) is -3.29. The molecule has 0 aromatic heterocycles. The zero-order chi connectivity index (χ0) is 97.4. The minimum absolute atomic E-state index is 0.0634. The third-order valence-electron chi connectivity index (χ3n) is 21.8. The largest absolute Gasteiger partial charge is 0.504 e. The Bertz CT molecular complexity index is 7000. The van der Waals surface area contributed by atoms with Gasteiger partial charge in [0.15, 0.2) is 145 Å². The van der Waals surface area contributed by atoms with Crippen molar-refractivity contribution in [3.05, 3.63) is 116 Å². The number of esters is 10. The van der Waals surface area contributed by atoms with Crippen molar-refractivity contribution in [2.45, 2.75) is 61.4 Å². The fourth-order valence-electron chi connectivity index (χ4n) is 15.5. The predicted octanol–water partition coefficient (Wildman–Crippen LogP) is 3.27. The molecule has 0 saturated carbocycles.